The molecular weight excluding hydrogens is 401 g/mol. The molecule has 1 aliphatic carbocycles. The quantitative estimate of drug-likeness (QED) is 0.358. The lowest BCUT2D eigenvalue weighted by atomic mass is 9.82. The predicted octanol–water partition coefficient (Wildman–Crippen LogP) is 7.61. The molecule has 0 aliphatic heterocycles. The van der Waals surface area contributed by atoms with E-state index in [1.54, 1.807) is 31.2 Å². The first-order valence-corrected chi connectivity index (χ1v) is 11.5. The summed E-state index contributed by atoms with van der Waals surface area (Å²) in [5.74, 6) is -1.33. The largest absolute Gasteiger partial charge is 0.491 e. The molecule has 0 N–H and O–H groups in total. The average Bonchev–Trinajstić information content (AvgIpc) is 2.78. The number of benzene rings is 2. The Balaban J connectivity index is 1.46. The summed E-state index contributed by atoms with van der Waals surface area (Å²) in [6, 6.07) is 8.44. The van der Waals surface area contributed by atoms with E-state index < -0.39 is 11.6 Å². The number of hydrogen-bond acceptors (Lipinski definition) is 2. The molecule has 2 aromatic carbocycles. The standard InChI is InChI=1S/C26H33F3O2/c1-3-4-5-6-15-30-24-14-11-20(16-23(24)27)19-9-12-22(13-10-19)31-17-21-8-7-18(2)25(28)26(21)29/h7-8,11,14,16,19,22H,3-6,9-10,12-13,15,17H2,1-2H3. The van der Waals surface area contributed by atoms with E-state index in [4.69, 9.17) is 9.47 Å². The van der Waals surface area contributed by atoms with Crippen molar-refractivity contribution in [2.75, 3.05) is 6.61 Å². The predicted molar refractivity (Wildman–Crippen MR) is 117 cm³/mol. The van der Waals surface area contributed by atoms with E-state index >= 15 is 0 Å². The number of halogens is 3. The molecular formula is C26H33F3O2. The zero-order valence-electron chi connectivity index (χ0n) is 18.6. The molecule has 0 radical (unpaired) electrons. The maximum absolute atomic E-state index is 14.4. The number of aryl methyl sites for hydroxylation is 1. The zero-order chi connectivity index (χ0) is 22.2. The molecule has 2 aromatic rings. The van der Waals surface area contributed by atoms with Crippen LogP contribution in [0.4, 0.5) is 13.2 Å². The maximum atomic E-state index is 14.4. The first-order valence-electron chi connectivity index (χ1n) is 11.5. The Bertz CT molecular complexity index is 845. The van der Waals surface area contributed by atoms with Crippen LogP contribution in [0.25, 0.3) is 0 Å². The number of hydrogen-bond donors (Lipinski definition) is 0. The molecule has 0 atom stereocenters. The summed E-state index contributed by atoms with van der Waals surface area (Å²) in [5, 5.41) is 0. The molecule has 1 aliphatic rings. The van der Waals surface area contributed by atoms with Gasteiger partial charge in [-0.3, -0.25) is 0 Å². The summed E-state index contributed by atoms with van der Waals surface area (Å²) in [6.45, 7) is 4.31. The van der Waals surface area contributed by atoms with Gasteiger partial charge in [-0.05, 0) is 68.2 Å². The summed E-state index contributed by atoms with van der Waals surface area (Å²) in [6.07, 6.45) is 7.79. The van der Waals surface area contributed by atoms with Crippen LogP contribution in [0.15, 0.2) is 30.3 Å². The Hall–Kier alpha value is -2.01. The van der Waals surface area contributed by atoms with Crippen LogP contribution in [-0.4, -0.2) is 12.7 Å². The van der Waals surface area contributed by atoms with Crippen molar-refractivity contribution in [2.45, 2.75) is 83.8 Å². The average molecular weight is 435 g/mol. The second-order valence-electron chi connectivity index (χ2n) is 8.55. The fraction of sp³-hybridized carbons (Fsp3) is 0.538. The Kier molecular flexibility index (Phi) is 8.82. The molecule has 3 rings (SSSR count). The molecule has 0 aromatic heterocycles. The van der Waals surface area contributed by atoms with Gasteiger partial charge in [-0.15, -0.1) is 0 Å². The highest BCUT2D eigenvalue weighted by Gasteiger charge is 2.24. The van der Waals surface area contributed by atoms with Crippen molar-refractivity contribution >= 4 is 0 Å². The highest BCUT2D eigenvalue weighted by Crippen LogP contribution is 2.36. The van der Waals surface area contributed by atoms with Gasteiger partial charge in [-0.1, -0.05) is 44.4 Å². The maximum Gasteiger partial charge on any atom is 0.165 e. The Morgan fingerprint density at radius 2 is 1.68 bits per heavy atom. The van der Waals surface area contributed by atoms with E-state index in [-0.39, 0.29) is 30.0 Å². The van der Waals surface area contributed by atoms with Gasteiger partial charge >= 0.3 is 0 Å². The topological polar surface area (TPSA) is 18.5 Å². The van der Waals surface area contributed by atoms with E-state index in [0.29, 0.717) is 17.9 Å². The van der Waals surface area contributed by atoms with Crippen LogP contribution in [0.5, 0.6) is 5.75 Å². The molecule has 0 amide bonds. The SMILES string of the molecule is CCCCCCOc1ccc(C2CCC(OCc3ccc(C)c(F)c3F)CC2)cc1F. The lowest BCUT2D eigenvalue weighted by Gasteiger charge is -2.29. The molecule has 1 fully saturated rings. The first kappa shape index (κ1) is 23.6. The molecule has 0 heterocycles. The van der Waals surface area contributed by atoms with Gasteiger partial charge in [0.2, 0.25) is 0 Å². The fourth-order valence-electron chi connectivity index (χ4n) is 4.17. The van der Waals surface area contributed by atoms with Crippen molar-refractivity contribution in [3.05, 3.63) is 64.5 Å². The van der Waals surface area contributed by atoms with E-state index in [0.717, 1.165) is 50.5 Å². The van der Waals surface area contributed by atoms with Crippen LogP contribution in [0.1, 0.15) is 80.9 Å². The van der Waals surface area contributed by atoms with Crippen molar-refractivity contribution in [1.82, 2.24) is 0 Å². The van der Waals surface area contributed by atoms with Crippen molar-refractivity contribution in [3.8, 4) is 5.75 Å². The van der Waals surface area contributed by atoms with Gasteiger partial charge in [0.1, 0.15) is 0 Å². The highest BCUT2D eigenvalue weighted by atomic mass is 19.2. The molecule has 1 saturated carbocycles. The summed E-state index contributed by atoms with van der Waals surface area (Å²) in [7, 11) is 0. The van der Waals surface area contributed by atoms with Gasteiger partial charge in [0, 0.05) is 5.56 Å². The van der Waals surface area contributed by atoms with Gasteiger partial charge in [-0.25, -0.2) is 13.2 Å². The third kappa shape index (κ3) is 6.49. The van der Waals surface area contributed by atoms with Crippen LogP contribution in [-0.2, 0) is 11.3 Å². The minimum absolute atomic E-state index is 0.00980. The fourth-order valence-corrected chi connectivity index (χ4v) is 4.17. The highest BCUT2D eigenvalue weighted by molar-refractivity contribution is 5.31. The summed E-state index contributed by atoms with van der Waals surface area (Å²) < 4.78 is 53.6. The van der Waals surface area contributed by atoms with Gasteiger partial charge in [-0.2, -0.15) is 0 Å². The smallest absolute Gasteiger partial charge is 0.165 e. The lowest BCUT2D eigenvalue weighted by Crippen LogP contribution is -2.21. The van der Waals surface area contributed by atoms with Crippen LogP contribution in [0.2, 0.25) is 0 Å². The second-order valence-corrected chi connectivity index (χ2v) is 8.55. The molecule has 0 saturated heterocycles. The van der Waals surface area contributed by atoms with Crippen molar-refractivity contribution in [1.29, 1.82) is 0 Å². The minimum atomic E-state index is -0.822. The van der Waals surface area contributed by atoms with E-state index in [2.05, 4.69) is 6.92 Å². The monoisotopic (exact) mass is 434 g/mol. The summed E-state index contributed by atoms with van der Waals surface area (Å²) in [5.41, 5.74) is 1.53. The summed E-state index contributed by atoms with van der Waals surface area (Å²) in [4.78, 5) is 0. The Labute approximate surface area is 183 Å². The van der Waals surface area contributed by atoms with Gasteiger partial charge < -0.3 is 9.47 Å². The van der Waals surface area contributed by atoms with Crippen LogP contribution < -0.4 is 4.74 Å². The van der Waals surface area contributed by atoms with E-state index in [1.165, 1.54) is 6.42 Å². The third-order valence-electron chi connectivity index (χ3n) is 6.19. The van der Waals surface area contributed by atoms with Crippen LogP contribution in [0.3, 0.4) is 0 Å². The molecule has 2 nitrogen and oxygen atoms in total. The molecule has 0 spiro atoms. The first-order chi connectivity index (χ1) is 15.0. The van der Waals surface area contributed by atoms with Gasteiger partial charge in [0.15, 0.2) is 23.2 Å². The Morgan fingerprint density at radius 1 is 0.903 bits per heavy atom. The molecule has 5 heteroatoms. The minimum Gasteiger partial charge on any atom is -0.491 e. The van der Waals surface area contributed by atoms with Crippen LogP contribution in [0, 0.1) is 24.4 Å². The third-order valence-corrected chi connectivity index (χ3v) is 6.19. The molecule has 170 valence electrons. The second kappa shape index (κ2) is 11.6. The van der Waals surface area contributed by atoms with Gasteiger partial charge in [0.05, 0.1) is 19.3 Å². The summed E-state index contributed by atoms with van der Waals surface area (Å²) >= 11 is 0. The molecule has 0 unspecified atom stereocenters. The normalized spacial score (nSPS) is 18.9. The van der Waals surface area contributed by atoms with Crippen molar-refractivity contribution in [3.63, 3.8) is 0 Å². The van der Waals surface area contributed by atoms with Crippen molar-refractivity contribution in [2.24, 2.45) is 0 Å². The number of ether oxygens (including phenoxy) is 2. The van der Waals surface area contributed by atoms with E-state index in [9.17, 15) is 13.2 Å². The molecule has 31 heavy (non-hydrogen) atoms. The zero-order valence-corrected chi connectivity index (χ0v) is 18.6. The van der Waals surface area contributed by atoms with Crippen LogP contribution >= 0.6 is 0 Å². The lowest BCUT2D eigenvalue weighted by molar-refractivity contribution is 0.0118. The Morgan fingerprint density at radius 3 is 2.39 bits per heavy atom. The van der Waals surface area contributed by atoms with Gasteiger partial charge in [0.25, 0.3) is 0 Å². The van der Waals surface area contributed by atoms with Crippen molar-refractivity contribution < 1.29 is 22.6 Å². The van der Waals surface area contributed by atoms with E-state index in [1.807, 2.05) is 6.07 Å². The number of rotatable bonds is 10. The number of unbranched alkanes of at least 4 members (excludes halogenated alkanes) is 3. The molecule has 0 bridgehead atoms.